The number of Topliss-reactive ketones (excluding diaryl/α,β-unsaturated/α-hetero) is 1. The SMILES string of the molecule is CC(=O)c1cc(C(=O)O[C@@H](C)C(=O)Nc2ccc(SC(F)F)cc2)n(C)c1. The fraction of sp³-hybridized carbons (Fsp3) is 0.278. The van der Waals surface area contributed by atoms with Crippen molar-refractivity contribution >= 4 is 35.1 Å². The molecule has 27 heavy (non-hydrogen) atoms. The minimum Gasteiger partial charge on any atom is -0.448 e. The molecule has 2 aromatic rings. The third-order valence-corrected chi connectivity index (χ3v) is 4.34. The molecule has 0 bridgehead atoms. The van der Waals surface area contributed by atoms with Crippen LogP contribution < -0.4 is 5.32 Å². The Bertz CT molecular complexity index is 850. The van der Waals surface area contributed by atoms with Crippen molar-refractivity contribution in [2.75, 3.05) is 5.32 Å². The highest BCUT2D eigenvalue weighted by Gasteiger charge is 2.22. The topological polar surface area (TPSA) is 77.4 Å². The number of nitrogens with one attached hydrogen (secondary N) is 1. The standard InChI is InChI=1S/C18H18F2N2O4S/c1-10(23)12-8-15(22(3)9-12)17(25)26-11(2)16(24)21-13-4-6-14(7-5-13)27-18(19)20/h4-9,11,18H,1-3H3,(H,21,24)/t11-/m0/s1. The number of anilines is 1. The van der Waals surface area contributed by atoms with Gasteiger partial charge in [0, 0.05) is 29.4 Å². The Hall–Kier alpha value is -2.68. The fourth-order valence-electron chi connectivity index (χ4n) is 2.20. The zero-order chi connectivity index (χ0) is 20.1. The first-order chi connectivity index (χ1) is 12.7. The number of alkyl halides is 2. The summed E-state index contributed by atoms with van der Waals surface area (Å²) in [5, 5.41) is 2.54. The van der Waals surface area contributed by atoms with E-state index in [1.54, 1.807) is 7.05 Å². The predicted molar refractivity (Wildman–Crippen MR) is 97.2 cm³/mol. The van der Waals surface area contributed by atoms with Gasteiger partial charge >= 0.3 is 5.97 Å². The lowest BCUT2D eigenvalue weighted by molar-refractivity contribution is -0.123. The van der Waals surface area contributed by atoms with E-state index in [0.29, 0.717) is 27.9 Å². The molecule has 0 saturated heterocycles. The predicted octanol–water partition coefficient (Wildman–Crippen LogP) is 3.73. The molecule has 0 aliphatic carbocycles. The molecular weight excluding hydrogens is 378 g/mol. The number of rotatable bonds is 7. The summed E-state index contributed by atoms with van der Waals surface area (Å²) in [7, 11) is 1.59. The first-order valence-corrected chi connectivity index (χ1v) is 8.79. The summed E-state index contributed by atoms with van der Waals surface area (Å²) in [5.74, 6) is -4.02. The summed E-state index contributed by atoms with van der Waals surface area (Å²) in [5.41, 5.74) is 0.899. The smallest absolute Gasteiger partial charge is 0.355 e. The molecule has 1 N–H and O–H groups in total. The summed E-state index contributed by atoms with van der Waals surface area (Å²) >= 11 is 0.402. The lowest BCUT2D eigenvalue weighted by Crippen LogP contribution is -2.30. The number of benzene rings is 1. The monoisotopic (exact) mass is 396 g/mol. The van der Waals surface area contributed by atoms with Gasteiger partial charge in [-0.3, -0.25) is 9.59 Å². The second-order valence-corrected chi connectivity index (χ2v) is 6.78. The summed E-state index contributed by atoms with van der Waals surface area (Å²) in [4.78, 5) is 36.1. The van der Waals surface area contributed by atoms with Crippen LogP contribution in [0.4, 0.5) is 14.5 Å². The van der Waals surface area contributed by atoms with Gasteiger partial charge in [0.15, 0.2) is 11.9 Å². The van der Waals surface area contributed by atoms with Gasteiger partial charge < -0.3 is 14.6 Å². The molecule has 0 radical (unpaired) electrons. The highest BCUT2D eigenvalue weighted by molar-refractivity contribution is 7.99. The number of ether oxygens (including phenoxy) is 1. The van der Waals surface area contributed by atoms with Crippen molar-refractivity contribution < 1.29 is 27.9 Å². The maximum Gasteiger partial charge on any atom is 0.355 e. The summed E-state index contributed by atoms with van der Waals surface area (Å²) in [6.45, 7) is 2.79. The average Bonchev–Trinajstić information content (AvgIpc) is 2.98. The normalized spacial score (nSPS) is 11.9. The fourth-order valence-corrected chi connectivity index (χ4v) is 2.70. The molecule has 2 rings (SSSR count). The molecule has 0 fully saturated rings. The van der Waals surface area contributed by atoms with E-state index in [2.05, 4.69) is 5.32 Å². The number of thioether (sulfide) groups is 1. The van der Waals surface area contributed by atoms with Gasteiger partial charge in [-0.15, -0.1) is 0 Å². The molecule has 1 amide bonds. The Balaban J connectivity index is 1.97. The minimum absolute atomic E-state index is 0.147. The van der Waals surface area contributed by atoms with Gasteiger partial charge in [-0.05, 0) is 44.2 Å². The number of carbonyl (C=O) groups is 3. The van der Waals surface area contributed by atoms with Crippen LogP contribution in [-0.2, 0) is 16.6 Å². The van der Waals surface area contributed by atoms with Crippen LogP contribution in [0, 0.1) is 0 Å². The summed E-state index contributed by atoms with van der Waals surface area (Å²) in [6.07, 6.45) is 0.408. The van der Waals surface area contributed by atoms with E-state index in [9.17, 15) is 23.2 Å². The van der Waals surface area contributed by atoms with Gasteiger partial charge in [0.25, 0.3) is 11.7 Å². The van der Waals surface area contributed by atoms with Crippen LogP contribution in [0.3, 0.4) is 0 Å². The molecule has 9 heteroatoms. The van der Waals surface area contributed by atoms with Gasteiger partial charge in [-0.25, -0.2) is 4.79 Å². The molecule has 0 spiro atoms. The number of nitrogens with zero attached hydrogens (tertiary/aromatic N) is 1. The minimum atomic E-state index is -2.52. The van der Waals surface area contributed by atoms with Crippen molar-refractivity contribution in [2.24, 2.45) is 7.05 Å². The van der Waals surface area contributed by atoms with Crippen LogP contribution in [0.15, 0.2) is 41.4 Å². The van der Waals surface area contributed by atoms with E-state index in [4.69, 9.17) is 4.74 Å². The molecule has 1 heterocycles. The second kappa shape index (κ2) is 8.81. The number of carbonyl (C=O) groups excluding carboxylic acids is 3. The highest BCUT2D eigenvalue weighted by Crippen LogP contribution is 2.26. The molecular formula is C18H18F2N2O4S. The zero-order valence-electron chi connectivity index (χ0n) is 14.9. The van der Waals surface area contributed by atoms with Crippen molar-refractivity contribution in [3.8, 4) is 0 Å². The maximum absolute atomic E-state index is 12.3. The van der Waals surface area contributed by atoms with E-state index in [-0.39, 0.29) is 11.5 Å². The molecule has 6 nitrogen and oxygen atoms in total. The number of amides is 1. The Kier molecular flexibility index (Phi) is 6.73. The molecule has 0 unspecified atom stereocenters. The largest absolute Gasteiger partial charge is 0.448 e. The Morgan fingerprint density at radius 3 is 2.33 bits per heavy atom. The van der Waals surface area contributed by atoms with Gasteiger partial charge in [0.05, 0.1) is 0 Å². The summed E-state index contributed by atoms with van der Waals surface area (Å²) < 4.78 is 31.2. The van der Waals surface area contributed by atoms with Crippen LogP contribution in [-0.4, -0.2) is 34.1 Å². The lowest BCUT2D eigenvalue weighted by Gasteiger charge is -2.14. The van der Waals surface area contributed by atoms with Crippen LogP contribution in [0.2, 0.25) is 0 Å². The van der Waals surface area contributed by atoms with Gasteiger partial charge in [-0.2, -0.15) is 8.78 Å². The van der Waals surface area contributed by atoms with Gasteiger partial charge in [0.1, 0.15) is 5.69 Å². The molecule has 1 aromatic carbocycles. The number of hydrogen-bond donors (Lipinski definition) is 1. The molecule has 0 saturated carbocycles. The number of halogens is 2. The van der Waals surface area contributed by atoms with E-state index < -0.39 is 23.7 Å². The Labute approximate surface area is 158 Å². The van der Waals surface area contributed by atoms with Gasteiger partial charge in [-0.1, -0.05) is 11.8 Å². The van der Waals surface area contributed by atoms with Crippen LogP contribution >= 0.6 is 11.8 Å². The third kappa shape index (κ3) is 5.65. The highest BCUT2D eigenvalue weighted by atomic mass is 32.2. The van der Waals surface area contributed by atoms with Crippen LogP contribution in [0.1, 0.15) is 34.7 Å². The van der Waals surface area contributed by atoms with Crippen molar-refractivity contribution in [1.82, 2.24) is 4.57 Å². The number of hydrogen-bond acceptors (Lipinski definition) is 5. The molecule has 144 valence electrons. The van der Waals surface area contributed by atoms with Crippen molar-refractivity contribution in [3.63, 3.8) is 0 Å². The molecule has 0 aliphatic heterocycles. The lowest BCUT2D eigenvalue weighted by atomic mass is 10.2. The Morgan fingerprint density at radius 1 is 1.19 bits per heavy atom. The van der Waals surface area contributed by atoms with E-state index >= 15 is 0 Å². The van der Waals surface area contributed by atoms with E-state index in [0.717, 1.165) is 0 Å². The van der Waals surface area contributed by atoms with Gasteiger partial charge in [0.2, 0.25) is 0 Å². The van der Waals surface area contributed by atoms with Crippen LogP contribution in [0.25, 0.3) is 0 Å². The quantitative estimate of drug-likeness (QED) is 0.438. The molecule has 0 aliphatic rings. The van der Waals surface area contributed by atoms with Crippen LogP contribution in [0.5, 0.6) is 0 Å². The molecule has 1 atom stereocenters. The van der Waals surface area contributed by atoms with Crippen molar-refractivity contribution in [3.05, 3.63) is 47.8 Å². The first kappa shape index (κ1) is 20.6. The number of aryl methyl sites for hydroxylation is 1. The average molecular weight is 396 g/mol. The summed E-state index contributed by atoms with van der Waals surface area (Å²) in [6, 6.07) is 7.27. The van der Waals surface area contributed by atoms with Crippen molar-refractivity contribution in [1.29, 1.82) is 0 Å². The zero-order valence-corrected chi connectivity index (χ0v) is 15.7. The molecule has 1 aromatic heterocycles. The third-order valence-electron chi connectivity index (χ3n) is 3.62. The number of aromatic nitrogens is 1. The second-order valence-electron chi connectivity index (χ2n) is 5.72. The number of ketones is 1. The van der Waals surface area contributed by atoms with E-state index in [1.165, 1.54) is 54.9 Å². The van der Waals surface area contributed by atoms with E-state index in [1.807, 2.05) is 0 Å². The first-order valence-electron chi connectivity index (χ1n) is 7.91. The number of esters is 1. The van der Waals surface area contributed by atoms with Crippen molar-refractivity contribution in [2.45, 2.75) is 30.6 Å². The maximum atomic E-state index is 12.3. The Morgan fingerprint density at radius 2 is 1.81 bits per heavy atom.